The molecule has 2 aromatic rings. The summed E-state index contributed by atoms with van der Waals surface area (Å²) in [6, 6.07) is 7.80. The van der Waals surface area contributed by atoms with Crippen LogP contribution in [0, 0.1) is 0 Å². The number of para-hydroxylation sites is 1. The Morgan fingerprint density at radius 2 is 1.96 bits per heavy atom. The van der Waals surface area contributed by atoms with Crippen LogP contribution in [-0.2, 0) is 6.54 Å². The Hall–Kier alpha value is -1.62. The molecule has 1 aromatic heterocycles. The van der Waals surface area contributed by atoms with E-state index in [4.69, 9.17) is 11.6 Å². The molecule has 154 valence electrons. The molecule has 0 bridgehead atoms. The lowest BCUT2D eigenvalue weighted by Crippen LogP contribution is -2.52. The molecule has 1 saturated heterocycles. The van der Waals surface area contributed by atoms with Crippen molar-refractivity contribution in [2.75, 3.05) is 37.6 Å². The van der Waals surface area contributed by atoms with Gasteiger partial charge in [-0.2, -0.15) is 8.78 Å². The molecule has 1 aliphatic heterocycles. The van der Waals surface area contributed by atoms with E-state index in [0.717, 1.165) is 41.5 Å². The highest BCUT2D eigenvalue weighted by molar-refractivity contribution is 14.0. The fourth-order valence-corrected chi connectivity index (χ4v) is 3.34. The minimum absolute atomic E-state index is 0. The van der Waals surface area contributed by atoms with Crippen LogP contribution >= 0.6 is 35.6 Å². The smallest absolute Gasteiger partial charge is 0.319 e. The molecule has 3 rings (SSSR count). The molecule has 1 aromatic carbocycles. The highest BCUT2D eigenvalue weighted by Gasteiger charge is 2.21. The van der Waals surface area contributed by atoms with E-state index in [9.17, 15) is 8.78 Å². The maximum absolute atomic E-state index is 13.0. The van der Waals surface area contributed by atoms with Crippen LogP contribution in [0.5, 0.6) is 0 Å². The van der Waals surface area contributed by atoms with E-state index in [1.54, 1.807) is 0 Å². The Balaban J connectivity index is 0.00000280. The second-order valence-corrected chi connectivity index (χ2v) is 6.53. The van der Waals surface area contributed by atoms with Gasteiger partial charge in [0.05, 0.1) is 10.7 Å². The number of aliphatic imine (C=N–C) groups is 1. The van der Waals surface area contributed by atoms with Crippen molar-refractivity contribution in [1.29, 1.82) is 0 Å². The average Bonchev–Trinajstić information content (AvgIpc) is 3.15. The largest absolute Gasteiger partial charge is 0.367 e. The molecule has 0 spiro atoms. The first kappa shape index (κ1) is 22.7. The zero-order valence-corrected chi connectivity index (χ0v) is 18.6. The van der Waals surface area contributed by atoms with E-state index in [2.05, 4.69) is 25.1 Å². The fraction of sp³-hybridized carbons (Fsp3) is 0.444. The summed E-state index contributed by atoms with van der Waals surface area (Å²) in [5, 5.41) is 3.98. The first-order chi connectivity index (χ1) is 13.1. The Morgan fingerprint density at radius 1 is 1.25 bits per heavy atom. The van der Waals surface area contributed by atoms with Crippen LogP contribution in [0.2, 0.25) is 5.02 Å². The van der Waals surface area contributed by atoms with Gasteiger partial charge in [0.1, 0.15) is 12.4 Å². The second kappa shape index (κ2) is 10.8. The summed E-state index contributed by atoms with van der Waals surface area (Å²) in [4.78, 5) is 12.9. The number of aromatic nitrogens is 2. The maximum atomic E-state index is 13.0. The van der Waals surface area contributed by atoms with Crippen LogP contribution in [0.15, 0.2) is 41.7 Å². The molecular formula is C18H24ClF2IN6. The number of halogens is 4. The number of benzene rings is 1. The molecule has 0 aliphatic carbocycles. The summed E-state index contributed by atoms with van der Waals surface area (Å²) in [5.41, 5.74) is 1.03. The van der Waals surface area contributed by atoms with Crippen LogP contribution in [0.1, 0.15) is 19.3 Å². The SMILES string of the molecule is CCNC(=NCc1nccn1C(F)F)N1CCN(c2ccccc2Cl)CC1.I. The second-order valence-electron chi connectivity index (χ2n) is 6.12. The highest BCUT2D eigenvalue weighted by Crippen LogP contribution is 2.26. The number of nitrogens with zero attached hydrogens (tertiary/aromatic N) is 5. The van der Waals surface area contributed by atoms with Crippen LogP contribution in [0.3, 0.4) is 0 Å². The van der Waals surface area contributed by atoms with E-state index in [1.165, 1.54) is 12.4 Å². The monoisotopic (exact) mass is 524 g/mol. The minimum Gasteiger partial charge on any atom is -0.367 e. The van der Waals surface area contributed by atoms with Crippen molar-refractivity contribution >= 4 is 47.2 Å². The van der Waals surface area contributed by atoms with Gasteiger partial charge in [-0.3, -0.25) is 4.57 Å². The van der Waals surface area contributed by atoms with E-state index in [-0.39, 0.29) is 36.3 Å². The Labute approximate surface area is 185 Å². The summed E-state index contributed by atoms with van der Waals surface area (Å²) in [7, 11) is 0. The number of hydrogen-bond donors (Lipinski definition) is 1. The molecule has 2 heterocycles. The van der Waals surface area contributed by atoms with Crippen molar-refractivity contribution in [2.24, 2.45) is 4.99 Å². The Kier molecular flexibility index (Phi) is 8.74. The molecule has 0 atom stereocenters. The number of guanidine groups is 1. The molecule has 1 fully saturated rings. The van der Waals surface area contributed by atoms with Gasteiger partial charge in [0, 0.05) is 45.1 Å². The van der Waals surface area contributed by atoms with E-state index in [1.807, 2.05) is 31.2 Å². The predicted octanol–water partition coefficient (Wildman–Crippen LogP) is 3.84. The van der Waals surface area contributed by atoms with Gasteiger partial charge in [-0.15, -0.1) is 24.0 Å². The molecular weight excluding hydrogens is 501 g/mol. The van der Waals surface area contributed by atoms with Gasteiger partial charge < -0.3 is 15.1 Å². The molecule has 28 heavy (non-hydrogen) atoms. The van der Waals surface area contributed by atoms with Crippen LogP contribution in [0.4, 0.5) is 14.5 Å². The van der Waals surface area contributed by atoms with Crippen molar-refractivity contribution in [3.63, 3.8) is 0 Å². The normalized spacial score (nSPS) is 15.0. The van der Waals surface area contributed by atoms with E-state index < -0.39 is 6.55 Å². The van der Waals surface area contributed by atoms with Gasteiger partial charge in [-0.25, -0.2) is 9.98 Å². The van der Waals surface area contributed by atoms with Gasteiger partial charge >= 0.3 is 6.55 Å². The predicted molar refractivity (Wildman–Crippen MR) is 119 cm³/mol. The first-order valence-electron chi connectivity index (χ1n) is 8.92. The van der Waals surface area contributed by atoms with Gasteiger partial charge in [0.2, 0.25) is 0 Å². The topological polar surface area (TPSA) is 48.7 Å². The van der Waals surface area contributed by atoms with Crippen molar-refractivity contribution < 1.29 is 8.78 Å². The van der Waals surface area contributed by atoms with Crippen molar-refractivity contribution in [3.05, 3.63) is 47.5 Å². The molecule has 0 amide bonds. The number of piperazine rings is 1. The molecule has 0 radical (unpaired) electrons. The lowest BCUT2D eigenvalue weighted by molar-refractivity contribution is 0.0671. The summed E-state index contributed by atoms with van der Waals surface area (Å²) in [6.07, 6.45) is 2.64. The molecule has 10 heteroatoms. The molecule has 6 nitrogen and oxygen atoms in total. The van der Waals surface area contributed by atoms with Crippen molar-refractivity contribution in [1.82, 2.24) is 19.8 Å². The minimum atomic E-state index is -2.61. The summed E-state index contributed by atoms with van der Waals surface area (Å²) >= 11 is 6.29. The number of alkyl halides is 2. The van der Waals surface area contributed by atoms with Crippen LogP contribution < -0.4 is 10.2 Å². The lowest BCUT2D eigenvalue weighted by atomic mass is 10.2. The fourth-order valence-electron chi connectivity index (χ4n) is 3.08. The van der Waals surface area contributed by atoms with Crippen molar-refractivity contribution in [2.45, 2.75) is 20.0 Å². The zero-order valence-electron chi connectivity index (χ0n) is 15.6. The van der Waals surface area contributed by atoms with Gasteiger partial charge in [0.15, 0.2) is 5.96 Å². The summed E-state index contributed by atoms with van der Waals surface area (Å²) in [5.74, 6) is 0.954. The number of anilines is 1. The third-order valence-electron chi connectivity index (χ3n) is 4.44. The molecule has 0 unspecified atom stereocenters. The van der Waals surface area contributed by atoms with E-state index >= 15 is 0 Å². The Morgan fingerprint density at radius 3 is 2.61 bits per heavy atom. The number of rotatable bonds is 5. The quantitative estimate of drug-likeness (QED) is 0.367. The number of hydrogen-bond acceptors (Lipinski definition) is 3. The summed E-state index contributed by atoms with van der Waals surface area (Å²) < 4.78 is 26.7. The van der Waals surface area contributed by atoms with Crippen LogP contribution in [-0.4, -0.2) is 53.1 Å². The van der Waals surface area contributed by atoms with Gasteiger partial charge in [0.25, 0.3) is 0 Å². The Bertz CT molecular complexity index is 777. The highest BCUT2D eigenvalue weighted by atomic mass is 127. The summed E-state index contributed by atoms with van der Waals surface area (Å²) in [6.45, 7) is 3.31. The van der Waals surface area contributed by atoms with E-state index in [0.29, 0.717) is 12.5 Å². The third-order valence-corrected chi connectivity index (χ3v) is 4.76. The number of nitrogens with one attached hydrogen (secondary N) is 1. The molecule has 1 aliphatic rings. The van der Waals surface area contributed by atoms with Crippen molar-refractivity contribution in [3.8, 4) is 0 Å². The standard InChI is InChI=1S/C18H23ClF2N6.HI/c1-2-22-18(24-13-16-23-7-8-27(16)17(20)21)26-11-9-25(10-12-26)15-6-4-3-5-14(15)19;/h3-8,17H,2,9-13H2,1H3,(H,22,24);1H. The lowest BCUT2D eigenvalue weighted by Gasteiger charge is -2.38. The van der Waals surface area contributed by atoms with Gasteiger partial charge in [-0.05, 0) is 19.1 Å². The average molecular weight is 525 g/mol. The molecule has 0 saturated carbocycles. The maximum Gasteiger partial charge on any atom is 0.319 e. The zero-order chi connectivity index (χ0) is 19.2. The van der Waals surface area contributed by atoms with Gasteiger partial charge in [-0.1, -0.05) is 23.7 Å². The van der Waals surface area contributed by atoms with Crippen LogP contribution in [0.25, 0.3) is 0 Å². The number of imidazole rings is 1. The first-order valence-corrected chi connectivity index (χ1v) is 9.30. The molecule has 1 N–H and O–H groups in total. The third kappa shape index (κ3) is 5.47.